The minimum absolute atomic E-state index is 0. The molecule has 0 saturated carbocycles. The molecule has 0 spiro atoms. The maximum Gasteiger partial charge on any atom is 0.263 e. The molecule has 3 aromatic rings. The number of hydrogen-bond donors (Lipinski definition) is 0. The average molecular weight is 931 g/mol. The van der Waals surface area contributed by atoms with Gasteiger partial charge in [-0.05, 0) is 89.9 Å². The van der Waals surface area contributed by atoms with Crippen LogP contribution in [0.1, 0.15) is 72.7 Å². The minimum atomic E-state index is 0. The number of quaternary nitrogens is 2. The molecule has 270 valence electrons. The summed E-state index contributed by atoms with van der Waals surface area (Å²) in [4.78, 5) is 3.81. The molecule has 0 atom stereocenters. The van der Waals surface area contributed by atoms with E-state index in [4.69, 9.17) is 23.2 Å². The first kappa shape index (κ1) is 45.9. The lowest BCUT2D eigenvalue weighted by Crippen LogP contribution is -3.00. The molecule has 2 heterocycles. The second-order valence-corrected chi connectivity index (χ2v) is 15.4. The number of thioether (sulfide) groups is 1. The Morgan fingerprint density at radius 2 is 1.33 bits per heavy atom. The Hall–Kier alpha value is -0.1000. The molecule has 0 saturated heterocycles. The van der Waals surface area contributed by atoms with E-state index in [1.54, 1.807) is 0 Å². The van der Waals surface area contributed by atoms with E-state index in [0.29, 0.717) is 0 Å². The maximum atomic E-state index is 6.53. The van der Waals surface area contributed by atoms with Crippen molar-refractivity contribution in [2.45, 2.75) is 79.2 Å². The maximum absolute atomic E-state index is 6.53. The summed E-state index contributed by atoms with van der Waals surface area (Å²) >= 11 is 16.8. The number of nitrogens with zero attached hydrogens (tertiary/aromatic N) is 4. The third kappa shape index (κ3) is 11.0. The lowest BCUT2D eigenvalue weighted by Gasteiger charge is -2.36. The lowest BCUT2D eigenvalue weighted by atomic mass is 10.1. The van der Waals surface area contributed by atoms with Crippen LogP contribution in [0.4, 0.5) is 5.69 Å². The molecular formula is C37H55Br3Cl2N4S2. The third-order valence-corrected chi connectivity index (χ3v) is 13.2. The van der Waals surface area contributed by atoms with Gasteiger partial charge in [-0.2, -0.15) is 4.57 Å². The summed E-state index contributed by atoms with van der Waals surface area (Å²) < 4.78 is 6.15. The zero-order chi connectivity index (χ0) is 32.6. The van der Waals surface area contributed by atoms with Crippen molar-refractivity contribution < 1.29 is 64.5 Å². The van der Waals surface area contributed by atoms with Crippen LogP contribution in [0.5, 0.6) is 0 Å². The zero-order valence-electron chi connectivity index (χ0n) is 29.8. The summed E-state index contributed by atoms with van der Waals surface area (Å²) in [6, 6.07) is 12.7. The highest BCUT2D eigenvalue weighted by atomic mass is 79.9. The molecule has 1 aliphatic rings. The van der Waals surface area contributed by atoms with Crippen molar-refractivity contribution in [1.29, 1.82) is 0 Å². The molecular weight excluding hydrogens is 875 g/mol. The molecule has 2 aromatic carbocycles. The molecule has 0 aliphatic carbocycles. The predicted molar refractivity (Wildman–Crippen MR) is 201 cm³/mol. The van der Waals surface area contributed by atoms with Gasteiger partial charge in [0.1, 0.15) is 4.70 Å². The van der Waals surface area contributed by atoms with Gasteiger partial charge in [0.15, 0.2) is 6.54 Å². The first-order valence-corrected chi connectivity index (χ1v) is 19.6. The Morgan fingerprint density at radius 1 is 0.771 bits per heavy atom. The van der Waals surface area contributed by atoms with Gasteiger partial charge in [-0.3, -0.25) is 0 Å². The number of halogens is 5. The highest BCUT2D eigenvalue weighted by Crippen LogP contribution is 2.47. The Bertz CT molecular complexity index is 1490. The van der Waals surface area contributed by atoms with Crippen LogP contribution in [0.25, 0.3) is 16.3 Å². The van der Waals surface area contributed by atoms with Crippen LogP contribution in [0, 0.1) is 0 Å². The van der Waals surface area contributed by atoms with Gasteiger partial charge in [-0.25, -0.2) is 0 Å². The quantitative estimate of drug-likeness (QED) is 0.149. The number of allylic oxidation sites excluding steroid dienone is 2. The largest absolute Gasteiger partial charge is 1.00 e. The van der Waals surface area contributed by atoms with Crippen LogP contribution in [0.2, 0.25) is 10.0 Å². The van der Waals surface area contributed by atoms with Crippen LogP contribution < -0.4 is 60.4 Å². The van der Waals surface area contributed by atoms with Gasteiger partial charge >= 0.3 is 0 Å². The highest BCUT2D eigenvalue weighted by molar-refractivity contribution is 8.03. The molecule has 48 heavy (non-hydrogen) atoms. The molecule has 4 nitrogen and oxygen atoms in total. The summed E-state index contributed by atoms with van der Waals surface area (Å²) in [6.45, 7) is 27.8. The molecule has 1 aromatic heterocycles. The molecule has 0 bridgehead atoms. The standard InChI is InChI=1S/C37H55Cl2N4S2.3BrH/c1-8-29(25-36-40(21-15-23-42(9-2,10-3)11-4)32-27-30(38)17-19-34(32)44-36)26-37-41(22-16-24-43(12-5,13-6)14-7)33-28-31(39)18-20-35(33)45-37;;;/h17-20,25-28H,8-16,21-24H2,1-7H3;3*1H/q+3;;;/p-3. The van der Waals surface area contributed by atoms with Gasteiger partial charge in [0.25, 0.3) is 5.01 Å². The van der Waals surface area contributed by atoms with Crippen molar-refractivity contribution in [2.24, 2.45) is 0 Å². The first-order valence-electron chi connectivity index (χ1n) is 17.2. The highest BCUT2D eigenvalue weighted by Gasteiger charge is 2.28. The lowest BCUT2D eigenvalue weighted by molar-refractivity contribution is -0.925. The molecule has 0 amide bonds. The monoisotopic (exact) mass is 926 g/mol. The number of aryl methyl sites for hydroxylation is 1. The topological polar surface area (TPSA) is 7.12 Å². The van der Waals surface area contributed by atoms with Crippen molar-refractivity contribution in [1.82, 2.24) is 0 Å². The van der Waals surface area contributed by atoms with Crippen molar-refractivity contribution in [2.75, 3.05) is 63.8 Å². The molecule has 0 radical (unpaired) electrons. The van der Waals surface area contributed by atoms with Crippen molar-refractivity contribution in [3.63, 3.8) is 0 Å². The van der Waals surface area contributed by atoms with Crippen LogP contribution in [-0.2, 0) is 6.54 Å². The van der Waals surface area contributed by atoms with Crippen LogP contribution in [0.3, 0.4) is 0 Å². The smallest absolute Gasteiger partial charge is 0.263 e. The first-order chi connectivity index (χ1) is 21.7. The van der Waals surface area contributed by atoms with Gasteiger partial charge in [0.05, 0.1) is 69.5 Å². The van der Waals surface area contributed by atoms with Crippen LogP contribution >= 0.6 is 46.3 Å². The van der Waals surface area contributed by atoms with Gasteiger partial charge in [-0.1, -0.05) is 53.2 Å². The number of benzene rings is 2. The predicted octanol–water partition coefficient (Wildman–Crippen LogP) is 1.29. The summed E-state index contributed by atoms with van der Waals surface area (Å²) in [5, 5.41) is 4.20. The van der Waals surface area contributed by atoms with Gasteiger partial charge in [-0.15, -0.1) is 0 Å². The summed E-state index contributed by atoms with van der Waals surface area (Å²) in [5.74, 6) is 0. The van der Waals surface area contributed by atoms with E-state index in [0.717, 1.165) is 42.4 Å². The number of hydrogen-bond acceptors (Lipinski definition) is 3. The fourth-order valence-corrected chi connectivity index (χ4v) is 9.43. The Morgan fingerprint density at radius 3 is 1.92 bits per heavy atom. The van der Waals surface area contributed by atoms with E-state index in [2.05, 4.69) is 94.4 Å². The second kappa shape index (κ2) is 21.4. The Labute approximate surface area is 341 Å². The number of anilines is 1. The van der Waals surface area contributed by atoms with Gasteiger partial charge in [0, 0.05) is 40.0 Å². The van der Waals surface area contributed by atoms with E-state index in [-0.39, 0.29) is 50.9 Å². The van der Waals surface area contributed by atoms with E-state index in [1.165, 1.54) is 97.7 Å². The fraction of sp³-hybridized carbons (Fsp3) is 0.541. The SMILES string of the molecule is CCC(=Cc1sc2ccc(Cl)cc2[n+]1CCC[N+](CC)(CC)CC)C=C1Sc2ccc(Cl)cc2N1CCC[N+](CC)(CC)CC.[Br-].[Br-].[Br-]. The summed E-state index contributed by atoms with van der Waals surface area (Å²) in [6.07, 6.45) is 8.11. The van der Waals surface area contributed by atoms with Crippen LogP contribution in [-0.4, -0.2) is 67.9 Å². The van der Waals surface area contributed by atoms with Gasteiger partial charge < -0.3 is 64.8 Å². The van der Waals surface area contributed by atoms with Crippen molar-refractivity contribution in [3.8, 4) is 0 Å². The summed E-state index contributed by atoms with van der Waals surface area (Å²) in [5.41, 5.74) is 3.83. The molecule has 0 fully saturated rings. The zero-order valence-corrected chi connectivity index (χ0v) is 37.7. The van der Waals surface area contributed by atoms with E-state index in [1.807, 2.05) is 35.2 Å². The average Bonchev–Trinajstić information content (AvgIpc) is 3.57. The van der Waals surface area contributed by atoms with Crippen molar-refractivity contribution >= 4 is 68.3 Å². The fourth-order valence-electron chi connectivity index (χ4n) is 6.81. The normalized spacial score (nSPS) is 14.1. The van der Waals surface area contributed by atoms with Gasteiger partial charge in [0.2, 0.25) is 5.52 Å². The molecule has 11 heteroatoms. The second-order valence-electron chi connectivity index (χ2n) is 12.4. The molecule has 0 unspecified atom stereocenters. The van der Waals surface area contributed by atoms with E-state index < -0.39 is 0 Å². The molecule has 0 N–H and O–H groups in total. The third-order valence-electron chi connectivity index (χ3n) is 10.5. The number of aromatic nitrogens is 1. The minimum Gasteiger partial charge on any atom is -1.00 e. The number of fused-ring (bicyclic) bond motifs is 2. The van der Waals surface area contributed by atoms with Crippen LogP contribution in [0.15, 0.2) is 58.0 Å². The number of rotatable bonds is 17. The van der Waals surface area contributed by atoms with E-state index >= 15 is 0 Å². The molecule has 1 aliphatic heterocycles. The Balaban J connectivity index is 0.00000384. The summed E-state index contributed by atoms with van der Waals surface area (Å²) in [7, 11) is 0. The Kier molecular flexibility index (Phi) is 20.5. The number of thiazole rings is 1. The van der Waals surface area contributed by atoms with E-state index in [9.17, 15) is 0 Å². The van der Waals surface area contributed by atoms with Crippen molar-refractivity contribution in [3.05, 3.63) is 68.1 Å². The molecule has 4 rings (SSSR count).